The molecule has 0 radical (unpaired) electrons. The summed E-state index contributed by atoms with van der Waals surface area (Å²) in [6.45, 7) is 0.620. The van der Waals surface area contributed by atoms with Crippen molar-refractivity contribution in [1.82, 2.24) is 0 Å². The number of benzene rings is 1. The molecule has 1 aromatic carbocycles. The molecule has 0 aromatic heterocycles. The largest absolute Gasteiger partial charge is 0.493 e. The monoisotopic (exact) mass is 186 g/mol. The van der Waals surface area contributed by atoms with E-state index in [9.17, 15) is 0 Å². The Morgan fingerprint density at radius 3 is 3.00 bits per heavy atom. The second kappa shape index (κ2) is 4.19. The number of hydrogen-bond donors (Lipinski definition) is 0. The van der Waals surface area contributed by atoms with Gasteiger partial charge in [-0.15, -0.1) is 12.3 Å². The van der Waals surface area contributed by atoms with E-state index < -0.39 is 0 Å². The highest BCUT2D eigenvalue weighted by molar-refractivity contribution is 5.38. The Balaban J connectivity index is 2.02. The van der Waals surface area contributed by atoms with Crippen molar-refractivity contribution in [2.24, 2.45) is 0 Å². The molecule has 72 valence electrons. The van der Waals surface area contributed by atoms with Crippen LogP contribution in [0.2, 0.25) is 0 Å². The summed E-state index contributed by atoms with van der Waals surface area (Å²) in [6, 6.07) is 6.37. The van der Waals surface area contributed by atoms with Crippen LogP contribution in [0.25, 0.3) is 0 Å². The molecule has 1 aliphatic carbocycles. The lowest BCUT2D eigenvalue weighted by Crippen LogP contribution is -1.96. The van der Waals surface area contributed by atoms with Crippen molar-refractivity contribution in [2.75, 3.05) is 6.61 Å². The highest BCUT2D eigenvalue weighted by atomic mass is 16.5. The molecule has 0 N–H and O–H groups in total. The summed E-state index contributed by atoms with van der Waals surface area (Å²) in [5.41, 5.74) is 2.93. The lowest BCUT2D eigenvalue weighted by Gasteiger charge is -2.06. The quantitative estimate of drug-likeness (QED) is 0.520. The van der Waals surface area contributed by atoms with Crippen molar-refractivity contribution in [3.63, 3.8) is 0 Å². The fraction of sp³-hybridized carbons (Fsp3) is 0.385. The van der Waals surface area contributed by atoms with E-state index >= 15 is 0 Å². The van der Waals surface area contributed by atoms with Crippen molar-refractivity contribution < 1.29 is 4.74 Å². The van der Waals surface area contributed by atoms with Crippen molar-refractivity contribution in [1.29, 1.82) is 0 Å². The number of ether oxygens (including phenoxy) is 1. The molecule has 0 atom stereocenters. The number of terminal acetylenes is 1. The van der Waals surface area contributed by atoms with E-state index in [0.29, 0.717) is 13.0 Å². The summed E-state index contributed by atoms with van der Waals surface area (Å²) in [7, 11) is 0. The van der Waals surface area contributed by atoms with E-state index in [2.05, 4.69) is 18.1 Å². The third-order valence-corrected chi connectivity index (χ3v) is 2.59. The van der Waals surface area contributed by atoms with Crippen LogP contribution in [-0.2, 0) is 12.8 Å². The van der Waals surface area contributed by atoms with E-state index in [-0.39, 0.29) is 0 Å². The maximum Gasteiger partial charge on any atom is 0.119 e. The predicted molar refractivity (Wildman–Crippen MR) is 57.4 cm³/mol. The van der Waals surface area contributed by atoms with E-state index in [1.54, 1.807) is 0 Å². The summed E-state index contributed by atoms with van der Waals surface area (Å²) in [5, 5.41) is 0. The van der Waals surface area contributed by atoms with Gasteiger partial charge in [-0.25, -0.2) is 0 Å². The van der Waals surface area contributed by atoms with Crippen LogP contribution in [0.15, 0.2) is 18.2 Å². The Morgan fingerprint density at radius 2 is 2.14 bits per heavy atom. The molecule has 0 unspecified atom stereocenters. The lowest BCUT2D eigenvalue weighted by molar-refractivity contribution is 0.327. The smallest absolute Gasteiger partial charge is 0.119 e. The molecule has 0 fully saturated rings. The molecule has 2 rings (SSSR count). The topological polar surface area (TPSA) is 9.23 Å². The number of aryl methyl sites for hydroxylation is 2. The van der Waals surface area contributed by atoms with Crippen LogP contribution in [0.3, 0.4) is 0 Å². The zero-order valence-corrected chi connectivity index (χ0v) is 8.25. The minimum absolute atomic E-state index is 0.620. The molecule has 0 saturated carbocycles. The van der Waals surface area contributed by atoms with Gasteiger partial charge in [0.15, 0.2) is 0 Å². The molecule has 0 amide bonds. The zero-order chi connectivity index (χ0) is 9.80. The van der Waals surface area contributed by atoms with Gasteiger partial charge in [0.1, 0.15) is 5.75 Å². The summed E-state index contributed by atoms with van der Waals surface area (Å²) < 4.78 is 5.53. The van der Waals surface area contributed by atoms with Gasteiger partial charge >= 0.3 is 0 Å². The highest BCUT2D eigenvalue weighted by Gasteiger charge is 2.10. The van der Waals surface area contributed by atoms with Crippen LogP contribution in [0.5, 0.6) is 5.75 Å². The van der Waals surface area contributed by atoms with E-state index in [1.807, 2.05) is 6.07 Å². The average molecular weight is 186 g/mol. The number of rotatable bonds is 3. The fourth-order valence-electron chi connectivity index (χ4n) is 1.87. The molecular weight excluding hydrogens is 172 g/mol. The van der Waals surface area contributed by atoms with E-state index in [0.717, 1.165) is 5.75 Å². The van der Waals surface area contributed by atoms with Crippen molar-refractivity contribution in [2.45, 2.75) is 25.7 Å². The summed E-state index contributed by atoms with van der Waals surface area (Å²) in [6.07, 6.45) is 9.53. The van der Waals surface area contributed by atoms with Crippen LogP contribution in [0, 0.1) is 12.3 Å². The van der Waals surface area contributed by atoms with Crippen LogP contribution >= 0.6 is 0 Å². The van der Waals surface area contributed by atoms with Gasteiger partial charge in [-0.05, 0) is 42.5 Å². The van der Waals surface area contributed by atoms with Crippen LogP contribution in [-0.4, -0.2) is 6.61 Å². The van der Waals surface area contributed by atoms with Crippen molar-refractivity contribution in [3.05, 3.63) is 29.3 Å². The standard InChI is InChI=1S/C13H14O/c1-2-3-9-14-13-8-7-11-5-4-6-12(11)10-13/h1,7-8,10H,3-6,9H2. The molecule has 0 bridgehead atoms. The fourth-order valence-corrected chi connectivity index (χ4v) is 1.87. The van der Waals surface area contributed by atoms with E-state index in [4.69, 9.17) is 11.2 Å². The van der Waals surface area contributed by atoms with Gasteiger partial charge in [0.05, 0.1) is 6.61 Å². The average Bonchev–Trinajstić information content (AvgIpc) is 2.65. The maximum atomic E-state index is 5.53. The Morgan fingerprint density at radius 1 is 1.29 bits per heavy atom. The summed E-state index contributed by atoms with van der Waals surface area (Å²) in [5.74, 6) is 3.52. The minimum Gasteiger partial charge on any atom is -0.493 e. The molecule has 1 aromatic rings. The van der Waals surface area contributed by atoms with Crippen molar-refractivity contribution >= 4 is 0 Å². The molecule has 0 spiro atoms. The number of fused-ring (bicyclic) bond motifs is 1. The Bertz CT molecular complexity index is 360. The first kappa shape index (κ1) is 9.15. The first-order valence-corrected chi connectivity index (χ1v) is 5.08. The zero-order valence-electron chi connectivity index (χ0n) is 8.25. The molecular formula is C13H14O. The van der Waals surface area contributed by atoms with Crippen LogP contribution in [0.1, 0.15) is 24.0 Å². The first-order chi connectivity index (χ1) is 6.90. The Hall–Kier alpha value is -1.42. The van der Waals surface area contributed by atoms with Gasteiger partial charge in [-0.3, -0.25) is 0 Å². The van der Waals surface area contributed by atoms with Gasteiger partial charge in [-0.1, -0.05) is 6.07 Å². The molecule has 1 heteroatoms. The Kier molecular flexibility index (Phi) is 2.74. The lowest BCUT2D eigenvalue weighted by atomic mass is 10.1. The predicted octanol–water partition coefficient (Wildman–Crippen LogP) is 2.58. The SMILES string of the molecule is C#CCCOc1ccc2c(c1)CCC2. The second-order valence-electron chi connectivity index (χ2n) is 3.59. The summed E-state index contributed by atoms with van der Waals surface area (Å²) >= 11 is 0. The van der Waals surface area contributed by atoms with E-state index in [1.165, 1.54) is 30.4 Å². The Labute approximate surface area is 85.1 Å². The molecule has 1 aliphatic rings. The van der Waals surface area contributed by atoms with Crippen LogP contribution in [0.4, 0.5) is 0 Å². The maximum absolute atomic E-state index is 5.53. The molecule has 0 saturated heterocycles. The normalized spacial score (nSPS) is 13.4. The second-order valence-corrected chi connectivity index (χ2v) is 3.59. The van der Waals surface area contributed by atoms with Crippen molar-refractivity contribution in [3.8, 4) is 18.1 Å². The minimum atomic E-state index is 0.620. The van der Waals surface area contributed by atoms with Gasteiger partial charge < -0.3 is 4.74 Å². The van der Waals surface area contributed by atoms with Gasteiger partial charge in [-0.2, -0.15) is 0 Å². The molecule has 14 heavy (non-hydrogen) atoms. The third kappa shape index (κ3) is 1.90. The van der Waals surface area contributed by atoms with Crippen LogP contribution < -0.4 is 4.74 Å². The molecule has 0 aliphatic heterocycles. The third-order valence-electron chi connectivity index (χ3n) is 2.59. The first-order valence-electron chi connectivity index (χ1n) is 5.08. The van der Waals surface area contributed by atoms with Gasteiger partial charge in [0.25, 0.3) is 0 Å². The van der Waals surface area contributed by atoms with Gasteiger partial charge in [0, 0.05) is 6.42 Å². The highest BCUT2D eigenvalue weighted by Crippen LogP contribution is 2.25. The molecule has 1 nitrogen and oxygen atoms in total. The summed E-state index contributed by atoms with van der Waals surface area (Å²) in [4.78, 5) is 0. The molecule has 0 heterocycles. The van der Waals surface area contributed by atoms with Gasteiger partial charge in [0.2, 0.25) is 0 Å². The number of hydrogen-bond acceptors (Lipinski definition) is 1.